The zero-order valence-electron chi connectivity index (χ0n) is 33.5. The third-order valence-electron chi connectivity index (χ3n) is 8.63. The topological polar surface area (TPSA) is 375 Å². The predicted octanol–water partition coefficient (Wildman–Crippen LogP) is -0.390. The first-order chi connectivity index (χ1) is 28.6. The Morgan fingerprint density at radius 2 is 1.74 bits per heavy atom. The minimum atomic E-state index is -5.92. The molecule has 28 heteroatoms. The van der Waals surface area contributed by atoms with Crippen LogP contribution in [-0.2, 0) is 50.7 Å². The minimum Gasteiger partial charge on any atom is -0.790 e. The molecule has 3 rings (SSSR count). The second-order valence-electron chi connectivity index (χ2n) is 14.1. The fourth-order valence-corrected chi connectivity index (χ4v) is 8.82. The molecular formula is C33H50N7O17P3S-4. The van der Waals surface area contributed by atoms with Crippen LogP contribution in [0, 0.1) is 5.41 Å². The number of hydrogen-bond acceptors (Lipinski definition) is 22. The van der Waals surface area contributed by atoms with Crippen LogP contribution < -0.4 is 35.9 Å². The molecule has 0 aromatic carbocycles. The summed E-state index contributed by atoms with van der Waals surface area (Å²) in [5, 5.41) is 26.2. The molecule has 3 heterocycles. The van der Waals surface area contributed by atoms with Gasteiger partial charge in [-0.1, -0.05) is 76.1 Å². The van der Waals surface area contributed by atoms with Crippen molar-refractivity contribution in [2.75, 3.05) is 37.8 Å². The maximum atomic E-state index is 12.6. The highest BCUT2D eigenvalue weighted by atomic mass is 32.2. The summed E-state index contributed by atoms with van der Waals surface area (Å²) in [4.78, 5) is 96.3. The van der Waals surface area contributed by atoms with Crippen LogP contribution in [-0.4, -0.2) is 103 Å². The number of rotatable bonds is 27. The molecule has 6 N–H and O–H groups in total. The second-order valence-corrected chi connectivity index (χ2v) is 19.3. The van der Waals surface area contributed by atoms with Gasteiger partial charge in [0.15, 0.2) is 22.8 Å². The lowest BCUT2D eigenvalue weighted by molar-refractivity contribution is -0.347. The van der Waals surface area contributed by atoms with Gasteiger partial charge in [0.2, 0.25) is 11.8 Å². The number of nitrogen functional groups attached to an aromatic ring is 1. The van der Waals surface area contributed by atoms with Crippen molar-refractivity contribution in [3.05, 3.63) is 37.0 Å². The highest BCUT2D eigenvalue weighted by molar-refractivity contribution is 8.13. The summed E-state index contributed by atoms with van der Waals surface area (Å²) in [5.41, 5.74) is 4.07. The number of nitrogens with two attached hydrogens (primary N) is 1. The van der Waals surface area contributed by atoms with E-state index in [1.165, 1.54) is 33.1 Å². The van der Waals surface area contributed by atoms with E-state index in [1.807, 2.05) is 12.2 Å². The number of aliphatic hydroxyl groups is 2. The molecule has 1 saturated heterocycles. The average Bonchev–Trinajstić information content (AvgIpc) is 3.73. The number of carbonyl (C=O) groups excluding carboxylic acids is 3. The summed E-state index contributed by atoms with van der Waals surface area (Å²) in [5.74, 6) is -1.22. The van der Waals surface area contributed by atoms with Crippen molar-refractivity contribution < 1.29 is 80.5 Å². The summed E-state index contributed by atoms with van der Waals surface area (Å²) >= 11 is 1.06. The summed E-state index contributed by atoms with van der Waals surface area (Å²) in [6, 6.07) is 0. The van der Waals surface area contributed by atoms with Crippen LogP contribution in [0.15, 0.2) is 37.0 Å². The third-order valence-corrected chi connectivity index (χ3v) is 12.5. The number of fused-ring (bicyclic) bond motifs is 1. The van der Waals surface area contributed by atoms with E-state index in [-0.39, 0.29) is 48.0 Å². The standard InChI is InChI=1S/C33H54N7O17P3S/c1-4-5-6-7-8-9-10-11-12-13-24(42)61-17-16-35-23(41)14-15-36-31(45)28(44)33(2,3)19-54-60(51,52)57-59(49,50)53-18-22-27(56-58(46,47)48)26(43)32(55-22)40-21-39-25-29(34)37-20-38-30(25)40/h9-12,20-22,26-28,32,43-44H,4-8,13-19H2,1-3H3,(H,35,41)(H,36,45)(H,49,50)(H,51,52)(H2,34,37,38)(H2,46,47,48)/p-4/b10-9+,12-11-/t22-,26-,27-,28+,32-/m1/s1. The molecule has 24 nitrogen and oxygen atoms in total. The van der Waals surface area contributed by atoms with E-state index in [0.29, 0.717) is 5.75 Å². The van der Waals surface area contributed by atoms with Gasteiger partial charge in [0.05, 0.1) is 27.4 Å². The SMILES string of the molecule is CCCCCC/C=C/C=C\CC(=O)SCCNC(=O)CCNC(=O)[C@H](O)C(C)(C)COP(=O)([O-])OP(=O)([O-])OC[C@H]1O[C@@H](n2cnc3c(N)ncnc32)[C@H](O)[C@@H]1OP(=O)([O-])[O-]. The van der Waals surface area contributed by atoms with Gasteiger partial charge < -0.3 is 69.0 Å². The van der Waals surface area contributed by atoms with Crippen molar-refractivity contribution in [2.45, 2.75) is 96.4 Å². The van der Waals surface area contributed by atoms with Crippen molar-refractivity contribution in [2.24, 2.45) is 5.41 Å². The van der Waals surface area contributed by atoms with E-state index >= 15 is 0 Å². The van der Waals surface area contributed by atoms with Crippen molar-refractivity contribution >= 4 is 69.1 Å². The lowest BCUT2D eigenvalue weighted by atomic mass is 9.87. The molecule has 344 valence electrons. The number of carbonyl (C=O) groups is 3. The van der Waals surface area contributed by atoms with Crippen LogP contribution in [0.2, 0.25) is 0 Å². The highest BCUT2D eigenvalue weighted by Crippen LogP contribution is 2.56. The summed E-state index contributed by atoms with van der Waals surface area (Å²) in [6.07, 6.45) is 5.92. The quantitative estimate of drug-likeness (QED) is 0.0432. The Balaban J connectivity index is 1.41. The van der Waals surface area contributed by atoms with Crippen molar-refractivity contribution in [3.8, 4) is 0 Å². The zero-order chi connectivity index (χ0) is 45.4. The molecule has 0 saturated carbocycles. The van der Waals surface area contributed by atoms with Crippen LogP contribution in [0.4, 0.5) is 5.82 Å². The van der Waals surface area contributed by atoms with E-state index < -0.39 is 84.6 Å². The number of anilines is 1. The Morgan fingerprint density at radius 1 is 1.03 bits per heavy atom. The van der Waals surface area contributed by atoms with Crippen molar-refractivity contribution in [3.63, 3.8) is 0 Å². The Bertz CT molecular complexity index is 1980. The van der Waals surface area contributed by atoms with Crippen LogP contribution in [0.3, 0.4) is 0 Å². The molecule has 0 radical (unpaired) electrons. The number of thioether (sulfide) groups is 1. The first-order valence-corrected chi connectivity index (χ1v) is 24.2. The fourth-order valence-electron chi connectivity index (χ4n) is 5.44. The first kappa shape index (κ1) is 52.4. The zero-order valence-corrected chi connectivity index (χ0v) is 37.0. The molecule has 2 aromatic heterocycles. The number of aliphatic hydroxyl groups excluding tert-OH is 2. The van der Waals surface area contributed by atoms with Crippen LogP contribution in [0.1, 0.15) is 71.9 Å². The average molecular weight is 942 g/mol. The number of ether oxygens (including phenoxy) is 1. The number of phosphoric acid groups is 3. The Labute approximate surface area is 355 Å². The van der Waals surface area contributed by atoms with Gasteiger partial charge in [-0.15, -0.1) is 0 Å². The smallest absolute Gasteiger partial charge is 0.274 e. The Hall–Kier alpha value is -2.96. The minimum absolute atomic E-state index is 0.0213. The summed E-state index contributed by atoms with van der Waals surface area (Å²) < 4.78 is 60.6. The van der Waals surface area contributed by atoms with E-state index in [9.17, 15) is 57.9 Å². The maximum Gasteiger partial charge on any atom is 0.274 e. The summed E-state index contributed by atoms with van der Waals surface area (Å²) in [6.45, 7) is 2.25. The molecule has 2 amide bonds. The van der Waals surface area contributed by atoms with Gasteiger partial charge in [-0.3, -0.25) is 28.1 Å². The largest absolute Gasteiger partial charge is 0.790 e. The van der Waals surface area contributed by atoms with Gasteiger partial charge >= 0.3 is 0 Å². The molecule has 1 fully saturated rings. The number of unbranched alkanes of at least 4 members (excludes halogenated alkanes) is 4. The molecule has 0 bridgehead atoms. The molecule has 1 aliphatic heterocycles. The number of aromatic nitrogens is 4. The number of amides is 2. The number of phosphoric ester groups is 3. The van der Waals surface area contributed by atoms with Crippen LogP contribution >= 0.6 is 35.2 Å². The summed E-state index contributed by atoms with van der Waals surface area (Å²) in [7, 11) is -17.6. The maximum absolute atomic E-state index is 12.6. The van der Waals surface area contributed by atoms with E-state index in [2.05, 4.69) is 56.5 Å². The van der Waals surface area contributed by atoms with Crippen LogP contribution in [0.25, 0.3) is 11.2 Å². The van der Waals surface area contributed by atoms with Gasteiger partial charge in [0.1, 0.15) is 36.3 Å². The number of allylic oxidation sites excluding steroid dienone is 4. The monoisotopic (exact) mass is 941 g/mol. The van der Waals surface area contributed by atoms with E-state index in [4.69, 9.17) is 10.5 Å². The lowest BCUT2D eigenvalue weighted by Gasteiger charge is -2.36. The van der Waals surface area contributed by atoms with Crippen molar-refractivity contribution in [1.82, 2.24) is 30.2 Å². The molecular weight excluding hydrogens is 891 g/mol. The number of nitrogens with one attached hydrogen (secondary N) is 2. The van der Waals surface area contributed by atoms with Gasteiger partial charge in [0, 0.05) is 37.1 Å². The molecule has 0 spiro atoms. The molecule has 2 unspecified atom stereocenters. The van der Waals surface area contributed by atoms with Gasteiger partial charge in [-0.05, 0) is 12.8 Å². The van der Waals surface area contributed by atoms with Gasteiger partial charge in [0.25, 0.3) is 15.6 Å². The number of nitrogens with zero attached hydrogens (tertiary/aromatic N) is 4. The van der Waals surface area contributed by atoms with Crippen LogP contribution in [0.5, 0.6) is 0 Å². The van der Waals surface area contributed by atoms with Gasteiger partial charge in [-0.25, -0.2) is 19.3 Å². The Morgan fingerprint density at radius 3 is 2.44 bits per heavy atom. The second kappa shape index (κ2) is 24.2. The fraction of sp³-hybridized carbons (Fsp3) is 0.636. The van der Waals surface area contributed by atoms with E-state index in [1.54, 1.807) is 6.08 Å². The first-order valence-electron chi connectivity index (χ1n) is 18.8. The molecule has 0 aliphatic carbocycles. The Kier molecular flexibility index (Phi) is 20.8. The predicted molar refractivity (Wildman–Crippen MR) is 210 cm³/mol. The highest BCUT2D eigenvalue weighted by Gasteiger charge is 2.47. The van der Waals surface area contributed by atoms with E-state index in [0.717, 1.165) is 41.8 Å². The number of imidazole rings is 1. The molecule has 61 heavy (non-hydrogen) atoms. The molecule has 7 atom stereocenters. The van der Waals surface area contributed by atoms with Crippen molar-refractivity contribution in [1.29, 1.82) is 0 Å². The lowest BCUT2D eigenvalue weighted by Crippen LogP contribution is -2.46. The number of hydrogen-bond donors (Lipinski definition) is 5. The van der Waals surface area contributed by atoms with Gasteiger partial charge in [-0.2, -0.15) is 0 Å². The molecule has 2 aromatic rings. The molecule has 1 aliphatic rings. The normalized spacial score (nSPS) is 21.1. The third kappa shape index (κ3) is 18.0.